The molecule has 0 N–H and O–H groups in total. The summed E-state index contributed by atoms with van der Waals surface area (Å²) in [6.45, 7) is 2.31. The second-order valence-corrected chi connectivity index (χ2v) is 6.99. The van der Waals surface area contributed by atoms with Crippen LogP contribution in [-0.4, -0.2) is 47.7 Å². The predicted molar refractivity (Wildman–Crippen MR) is 96.1 cm³/mol. The predicted octanol–water partition coefficient (Wildman–Crippen LogP) is 2.58. The summed E-state index contributed by atoms with van der Waals surface area (Å²) >= 11 is 0. The maximum absolute atomic E-state index is 12.6. The molecule has 0 radical (unpaired) electrons. The Hall–Kier alpha value is -2.41. The Kier molecular flexibility index (Phi) is 4.88. The van der Waals surface area contributed by atoms with E-state index in [1.54, 1.807) is 12.0 Å². The Morgan fingerprint density at radius 3 is 2.88 bits per heavy atom. The van der Waals surface area contributed by atoms with Crippen LogP contribution in [0.25, 0.3) is 0 Å². The molecule has 7 nitrogen and oxygen atoms in total. The van der Waals surface area contributed by atoms with Crippen LogP contribution in [-0.2, 0) is 11.3 Å². The van der Waals surface area contributed by atoms with Crippen LogP contribution in [0.2, 0.25) is 0 Å². The molecule has 0 spiro atoms. The van der Waals surface area contributed by atoms with Crippen molar-refractivity contribution in [2.75, 3.05) is 31.6 Å². The Morgan fingerprint density at radius 1 is 1.27 bits per heavy atom. The molecule has 1 aliphatic carbocycles. The first-order chi connectivity index (χ1) is 12.7. The van der Waals surface area contributed by atoms with Crippen LogP contribution in [0, 0.1) is 0 Å². The van der Waals surface area contributed by atoms with Gasteiger partial charge in [0, 0.05) is 30.8 Å². The minimum Gasteiger partial charge on any atom is -0.497 e. The summed E-state index contributed by atoms with van der Waals surface area (Å²) in [5.41, 5.74) is 0.872. The van der Waals surface area contributed by atoms with Gasteiger partial charge in [0.15, 0.2) is 5.82 Å². The summed E-state index contributed by atoms with van der Waals surface area (Å²) in [6, 6.07) is 7.60. The quantitative estimate of drug-likeness (QED) is 0.820. The first kappa shape index (κ1) is 17.0. The van der Waals surface area contributed by atoms with Gasteiger partial charge in [-0.15, -0.1) is 0 Å². The standard InChI is InChI=1S/C19H24N4O3/c1-25-16-8-4-7-15(11-16)23-10-9-22(13-18(23)24)12-17-20-19(26-21-17)14-5-2-3-6-14/h4,7-8,11,14H,2-3,5-6,9-10,12-13H2,1H3. The van der Waals surface area contributed by atoms with Crippen molar-refractivity contribution in [3.63, 3.8) is 0 Å². The molecule has 1 aromatic carbocycles. The van der Waals surface area contributed by atoms with E-state index in [4.69, 9.17) is 9.26 Å². The average molecular weight is 356 g/mol. The monoisotopic (exact) mass is 356 g/mol. The number of benzene rings is 1. The average Bonchev–Trinajstić information content (AvgIpc) is 3.33. The normalized spacial score (nSPS) is 19.3. The lowest BCUT2D eigenvalue weighted by molar-refractivity contribution is -0.121. The molecule has 1 saturated carbocycles. The third-order valence-electron chi connectivity index (χ3n) is 5.22. The highest BCUT2D eigenvalue weighted by Crippen LogP contribution is 2.33. The van der Waals surface area contributed by atoms with Gasteiger partial charge in [0.25, 0.3) is 0 Å². The van der Waals surface area contributed by atoms with Gasteiger partial charge in [-0.3, -0.25) is 9.69 Å². The molecule has 0 unspecified atom stereocenters. The van der Waals surface area contributed by atoms with Gasteiger partial charge in [-0.25, -0.2) is 0 Å². The van der Waals surface area contributed by atoms with Gasteiger partial charge in [-0.1, -0.05) is 24.1 Å². The summed E-state index contributed by atoms with van der Waals surface area (Å²) < 4.78 is 10.7. The van der Waals surface area contributed by atoms with Gasteiger partial charge in [-0.05, 0) is 25.0 Å². The van der Waals surface area contributed by atoms with E-state index in [1.807, 2.05) is 24.3 Å². The lowest BCUT2D eigenvalue weighted by Gasteiger charge is -2.33. The topological polar surface area (TPSA) is 71.7 Å². The molecule has 2 aromatic rings. The Morgan fingerprint density at radius 2 is 2.12 bits per heavy atom. The maximum atomic E-state index is 12.6. The molecular formula is C19H24N4O3. The number of ether oxygens (including phenoxy) is 1. The zero-order valence-corrected chi connectivity index (χ0v) is 15.1. The van der Waals surface area contributed by atoms with Gasteiger partial charge in [0.05, 0.1) is 20.2 Å². The third-order valence-corrected chi connectivity index (χ3v) is 5.22. The van der Waals surface area contributed by atoms with Gasteiger partial charge in [0.1, 0.15) is 5.75 Å². The molecule has 0 bridgehead atoms. The van der Waals surface area contributed by atoms with E-state index in [1.165, 1.54) is 12.8 Å². The number of methoxy groups -OCH3 is 1. The molecule has 2 heterocycles. The molecule has 138 valence electrons. The lowest BCUT2D eigenvalue weighted by atomic mass is 10.1. The fraction of sp³-hybridized carbons (Fsp3) is 0.526. The van der Waals surface area contributed by atoms with Crippen molar-refractivity contribution in [3.8, 4) is 5.75 Å². The number of nitrogens with zero attached hydrogens (tertiary/aromatic N) is 4. The summed E-state index contributed by atoms with van der Waals surface area (Å²) in [5.74, 6) is 2.68. The largest absolute Gasteiger partial charge is 0.497 e. The molecule has 7 heteroatoms. The van der Waals surface area contributed by atoms with Crippen LogP contribution in [0.5, 0.6) is 5.75 Å². The summed E-state index contributed by atoms with van der Waals surface area (Å²) in [5, 5.41) is 4.11. The Labute approximate surface area is 152 Å². The first-order valence-corrected chi connectivity index (χ1v) is 9.22. The zero-order chi connectivity index (χ0) is 17.9. The molecule has 26 heavy (non-hydrogen) atoms. The van der Waals surface area contributed by atoms with Gasteiger partial charge in [-0.2, -0.15) is 4.98 Å². The highest BCUT2D eigenvalue weighted by atomic mass is 16.5. The number of amides is 1. The van der Waals surface area contributed by atoms with Crippen molar-refractivity contribution >= 4 is 11.6 Å². The molecule has 2 aliphatic rings. The SMILES string of the molecule is COc1cccc(N2CCN(Cc3noc(C4CCCC4)n3)CC2=O)c1. The van der Waals surface area contributed by atoms with E-state index in [2.05, 4.69) is 15.0 Å². The number of hydrogen-bond acceptors (Lipinski definition) is 6. The number of carbonyl (C=O) groups is 1. The van der Waals surface area contributed by atoms with E-state index in [0.29, 0.717) is 31.4 Å². The number of hydrogen-bond donors (Lipinski definition) is 0. The van der Waals surface area contributed by atoms with E-state index < -0.39 is 0 Å². The number of rotatable bonds is 5. The fourth-order valence-electron chi connectivity index (χ4n) is 3.78. The van der Waals surface area contributed by atoms with Crippen molar-refractivity contribution in [3.05, 3.63) is 36.0 Å². The summed E-state index contributed by atoms with van der Waals surface area (Å²) in [4.78, 5) is 21.0. The third kappa shape index (κ3) is 3.58. The van der Waals surface area contributed by atoms with Crippen molar-refractivity contribution in [2.45, 2.75) is 38.1 Å². The van der Waals surface area contributed by atoms with E-state index in [0.717, 1.165) is 36.7 Å². The van der Waals surface area contributed by atoms with Crippen LogP contribution in [0.4, 0.5) is 5.69 Å². The molecule has 1 aromatic heterocycles. The maximum Gasteiger partial charge on any atom is 0.241 e. The van der Waals surface area contributed by atoms with E-state index in [-0.39, 0.29) is 5.91 Å². The molecule has 1 aliphatic heterocycles. The van der Waals surface area contributed by atoms with Crippen LogP contribution in [0.3, 0.4) is 0 Å². The zero-order valence-electron chi connectivity index (χ0n) is 15.1. The van der Waals surface area contributed by atoms with Crippen LogP contribution in [0.1, 0.15) is 43.3 Å². The number of carbonyl (C=O) groups excluding carboxylic acids is 1. The molecular weight excluding hydrogens is 332 g/mol. The summed E-state index contributed by atoms with van der Waals surface area (Å²) in [6.07, 6.45) is 4.75. The number of aromatic nitrogens is 2. The summed E-state index contributed by atoms with van der Waals surface area (Å²) in [7, 11) is 1.63. The molecule has 1 amide bonds. The minimum atomic E-state index is 0.0732. The molecule has 2 fully saturated rings. The van der Waals surface area contributed by atoms with Crippen molar-refractivity contribution in [2.24, 2.45) is 0 Å². The molecule has 1 saturated heterocycles. The van der Waals surface area contributed by atoms with Crippen LogP contribution in [0.15, 0.2) is 28.8 Å². The van der Waals surface area contributed by atoms with Crippen molar-refractivity contribution in [1.82, 2.24) is 15.0 Å². The second kappa shape index (κ2) is 7.45. The molecule has 4 rings (SSSR count). The van der Waals surface area contributed by atoms with Gasteiger partial charge < -0.3 is 14.2 Å². The minimum absolute atomic E-state index is 0.0732. The number of piperazine rings is 1. The fourth-order valence-corrected chi connectivity index (χ4v) is 3.78. The smallest absolute Gasteiger partial charge is 0.241 e. The Bertz CT molecular complexity index is 770. The lowest BCUT2D eigenvalue weighted by Crippen LogP contribution is -2.50. The first-order valence-electron chi connectivity index (χ1n) is 9.22. The molecule has 0 atom stereocenters. The van der Waals surface area contributed by atoms with E-state index >= 15 is 0 Å². The highest BCUT2D eigenvalue weighted by Gasteiger charge is 2.27. The highest BCUT2D eigenvalue weighted by molar-refractivity contribution is 5.95. The van der Waals surface area contributed by atoms with Crippen molar-refractivity contribution < 1.29 is 14.1 Å². The van der Waals surface area contributed by atoms with Gasteiger partial charge in [0.2, 0.25) is 11.8 Å². The van der Waals surface area contributed by atoms with Crippen LogP contribution < -0.4 is 9.64 Å². The van der Waals surface area contributed by atoms with E-state index in [9.17, 15) is 4.79 Å². The Balaban J connectivity index is 1.37. The second-order valence-electron chi connectivity index (χ2n) is 6.99. The van der Waals surface area contributed by atoms with Crippen LogP contribution >= 0.6 is 0 Å². The number of anilines is 1. The van der Waals surface area contributed by atoms with Crippen molar-refractivity contribution in [1.29, 1.82) is 0 Å². The van der Waals surface area contributed by atoms with Gasteiger partial charge >= 0.3 is 0 Å².